The van der Waals surface area contributed by atoms with Gasteiger partial charge in [0.05, 0.1) is 5.69 Å². The molecule has 8 nitrogen and oxygen atoms in total. The number of nitrogens with one attached hydrogen (secondary N) is 1. The predicted octanol–water partition coefficient (Wildman–Crippen LogP) is 2.83. The summed E-state index contributed by atoms with van der Waals surface area (Å²) in [4.78, 5) is 29.4. The van der Waals surface area contributed by atoms with E-state index in [9.17, 15) is 4.79 Å². The number of amides is 1. The van der Waals surface area contributed by atoms with E-state index in [0.29, 0.717) is 23.8 Å². The van der Waals surface area contributed by atoms with Crippen LogP contribution in [0.2, 0.25) is 0 Å². The van der Waals surface area contributed by atoms with Crippen LogP contribution in [0.15, 0.2) is 36.2 Å². The van der Waals surface area contributed by atoms with Crippen molar-refractivity contribution in [3.63, 3.8) is 0 Å². The third-order valence-corrected chi connectivity index (χ3v) is 5.06. The molecule has 4 aromatic heterocycles. The molecule has 0 spiro atoms. The Bertz CT molecular complexity index is 1100. The molecule has 0 aliphatic heterocycles. The Kier molecular flexibility index (Phi) is 4.59. The van der Waals surface area contributed by atoms with Crippen molar-refractivity contribution in [1.29, 1.82) is 0 Å². The Morgan fingerprint density at radius 2 is 2.19 bits per heavy atom. The van der Waals surface area contributed by atoms with Crippen LogP contribution in [-0.2, 0) is 11.2 Å². The van der Waals surface area contributed by atoms with E-state index in [1.165, 1.54) is 17.7 Å². The van der Waals surface area contributed by atoms with Crippen molar-refractivity contribution < 1.29 is 4.79 Å². The van der Waals surface area contributed by atoms with Gasteiger partial charge in [0, 0.05) is 41.1 Å². The third kappa shape index (κ3) is 3.54. The van der Waals surface area contributed by atoms with Gasteiger partial charge in [0.15, 0.2) is 5.13 Å². The molecule has 4 aromatic rings. The molecule has 0 radical (unpaired) electrons. The molecule has 0 atom stereocenters. The van der Waals surface area contributed by atoms with E-state index >= 15 is 0 Å². The highest BCUT2D eigenvalue weighted by Crippen LogP contribution is 2.24. The molecule has 0 saturated carbocycles. The quantitative estimate of drug-likeness (QED) is 0.573. The zero-order valence-electron chi connectivity index (χ0n) is 14.9. The number of rotatable bonds is 5. The molecule has 0 aromatic carbocycles. The van der Waals surface area contributed by atoms with Gasteiger partial charge in [0.25, 0.3) is 5.78 Å². The Balaban J connectivity index is 1.43. The molecule has 0 unspecified atom stereocenters. The molecular weight excluding hydrogens is 362 g/mol. The number of hydrogen-bond donors (Lipinski definition) is 1. The number of nitrogens with zero attached hydrogens (tertiary/aromatic N) is 6. The number of fused-ring (bicyclic) bond motifs is 1. The number of carbonyl (C=O) groups is 1. The molecule has 0 fully saturated rings. The van der Waals surface area contributed by atoms with Gasteiger partial charge in [-0.1, -0.05) is 0 Å². The zero-order valence-corrected chi connectivity index (χ0v) is 15.7. The van der Waals surface area contributed by atoms with Crippen molar-refractivity contribution >= 4 is 28.2 Å². The van der Waals surface area contributed by atoms with Crippen molar-refractivity contribution in [1.82, 2.24) is 29.5 Å². The number of hydrogen-bond acceptors (Lipinski definition) is 7. The second-order valence-corrected chi connectivity index (χ2v) is 6.92. The van der Waals surface area contributed by atoms with Gasteiger partial charge in [-0.25, -0.2) is 14.5 Å². The van der Waals surface area contributed by atoms with E-state index in [1.54, 1.807) is 16.9 Å². The molecule has 4 heterocycles. The largest absolute Gasteiger partial charge is 0.302 e. The molecule has 1 amide bonds. The first-order valence-corrected chi connectivity index (χ1v) is 9.31. The lowest BCUT2D eigenvalue weighted by atomic mass is 10.1. The van der Waals surface area contributed by atoms with Crippen LogP contribution in [0.1, 0.15) is 23.4 Å². The normalized spacial score (nSPS) is 11.0. The van der Waals surface area contributed by atoms with E-state index in [4.69, 9.17) is 0 Å². The molecule has 9 heteroatoms. The average Bonchev–Trinajstić information content (AvgIpc) is 3.32. The Labute approximate surface area is 159 Å². The number of aromatic nitrogens is 6. The Hall–Kier alpha value is -3.20. The van der Waals surface area contributed by atoms with Gasteiger partial charge in [-0.15, -0.1) is 11.3 Å². The van der Waals surface area contributed by atoms with E-state index in [0.717, 1.165) is 28.2 Å². The fourth-order valence-electron chi connectivity index (χ4n) is 2.92. The van der Waals surface area contributed by atoms with Gasteiger partial charge >= 0.3 is 0 Å². The number of carbonyl (C=O) groups excluding carboxylic acids is 1. The zero-order chi connectivity index (χ0) is 18.8. The highest BCUT2D eigenvalue weighted by atomic mass is 32.1. The smallest absolute Gasteiger partial charge is 0.252 e. The van der Waals surface area contributed by atoms with E-state index in [2.05, 4.69) is 30.4 Å². The summed E-state index contributed by atoms with van der Waals surface area (Å²) in [6, 6.07) is 3.80. The molecular formula is C18H17N7OS. The van der Waals surface area contributed by atoms with Crippen LogP contribution in [0.3, 0.4) is 0 Å². The lowest BCUT2D eigenvalue weighted by Gasteiger charge is -2.10. The summed E-state index contributed by atoms with van der Waals surface area (Å²) in [5.41, 5.74) is 4.56. The first-order valence-electron chi connectivity index (χ1n) is 8.43. The van der Waals surface area contributed by atoms with E-state index < -0.39 is 0 Å². The number of pyridine rings is 1. The molecule has 4 rings (SSSR count). The third-order valence-electron chi connectivity index (χ3n) is 4.30. The maximum absolute atomic E-state index is 12.4. The minimum Gasteiger partial charge on any atom is -0.302 e. The maximum Gasteiger partial charge on any atom is 0.252 e. The van der Waals surface area contributed by atoms with Crippen molar-refractivity contribution in [3.05, 3.63) is 53.2 Å². The molecule has 0 aliphatic rings. The molecule has 136 valence electrons. The molecule has 1 N–H and O–H groups in total. The van der Waals surface area contributed by atoms with Crippen LogP contribution < -0.4 is 5.32 Å². The second kappa shape index (κ2) is 7.20. The maximum atomic E-state index is 12.4. The number of anilines is 1. The molecule has 0 saturated heterocycles. The fourth-order valence-corrected chi connectivity index (χ4v) is 3.65. The predicted molar refractivity (Wildman–Crippen MR) is 103 cm³/mol. The standard InChI is InChI=1S/C18H17N7OS/c1-11-14(12(2)25-17(22-11)20-10-21-25)5-6-16(26)24-18-23-15(9-27-18)13-4-3-7-19-8-13/h3-4,7-10H,5-6H2,1-2H3,(H,23,24,26). The summed E-state index contributed by atoms with van der Waals surface area (Å²) in [5, 5.41) is 9.53. The van der Waals surface area contributed by atoms with Crippen molar-refractivity contribution in [2.75, 3.05) is 5.32 Å². The van der Waals surface area contributed by atoms with Crippen LogP contribution in [0.5, 0.6) is 0 Å². The van der Waals surface area contributed by atoms with Crippen molar-refractivity contribution in [2.45, 2.75) is 26.7 Å². The van der Waals surface area contributed by atoms with Crippen LogP contribution in [0, 0.1) is 13.8 Å². The molecule has 0 bridgehead atoms. The van der Waals surface area contributed by atoms with Crippen LogP contribution in [0.25, 0.3) is 17.0 Å². The minimum atomic E-state index is -0.0837. The van der Waals surface area contributed by atoms with Gasteiger partial charge in [-0.3, -0.25) is 9.78 Å². The van der Waals surface area contributed by atoms with Crippen LogP contribution in [-0.4, -0.2) is 35.5 Å². The van der Waals surface area contributed by atoms with Gasteiger partial charge in [-0.05, 0) is 38.0 Å². The highest BCUT2D eigenvalue weighted by molar-refractivity contribution is 7.14. The first kappa shape index (κ1) is 17.2. The van der Waals surface area contributed by atoms with E-state index in [-0.39, 0.29) is 5.91 Å². The Morgan fingerprint density at radius 3 is 3.00 bits per heavy atom. The summed E-state index contributed by atoms with van der Waals surface area (Å²) in [5.74, 6) is 0.489. The average molecular weight is 379 g/mol. The van der Waals surface area contributed by atoms with Crippen LogP contribution >= 0.6 is 11.3 Å². The van der Waals surface area contributed by atoms with Gasteiger partial charge < -0.3 is 5.32 Å². The fraction of sp³-hybridized carbons (Fsp3) is 0.222. The van der Waals surface area contributed by atoms with Crippen molar-refractivity contribution in [2.24, 2.45) is 0 Å². The van der Waals surface area contributed by atoms with Gasteiger partial charge in [-0.2, -0.15) is 10.1 Å². The second-order valence-electron chi connectivity index (χ2n) is 6.06. The Morgan fingerprint density at radius 1 is 1.30 bits per heavy atom. The van der Waals surface area contributed by atoms with Crippen LogP contribution in [0.4, 0.5) is 5.13 Å². The summed E-state index contributed by atoms with van der Waals surface area (Å²) in [6.45, 7) is 3.89. The summed E-state index contributed by atoms with van der Waals surface area (Å²) in [6.07, 6.45) is 5.86. The number of thiazole rings is 1. The number of aryl methyl sites for hydroxylation is 2. The SMILES string of the molecule is Cc1nc2ncnn2c(C)c1CCC(=O)Nc1nc(-c2cccnc2)cs1. The summed E-state index contributed by atoms with van der Waals surface area (Å²) in [7, 11) is 0. The lowest BCUT2D eigenvalue weighted by molar-refractivity contribution is -0.116. The van der Waals surface area contributed by atoms with Gasteiger partial charge in [0.1, 0.15) is 6.33 Å². The van der Waals surface area contributed by atoms with Gasteiger partial charge in [0.2, 0.25) is 5.91 Å². The molecule has 0 aliphatic carbocycles. The summed E-state index contributed by atoms with van der Waals surface area (Å²) >= 11 is 1.40. The topological polar surface area (TPSA) is 98.0 Å². The highest BCUT2D eigenvalue weighted by Gasteiger charge is 2.13. The summed E-state index contributed by atoms with van der Waals surface area (Å²) < 4.78 is 1.70. The monoisotopic (exact) mass is 379 g/mol. The van der Waals surface area contributed by atoms with E-state index in [1.807, 2.05) is 31.4 Å². The molecule has 27 heavy (non-hydrogen) atoms. The lowest BCUT2D eigenvalue weighted by Crippen LogP contribution is -2.14. The first-order chi connectivity index (χ1) is 13.1. The van der Waals surface area contributed by atoms with Crippen molar-refractivity contribution in [3.8, 4) is 11.3 Å². The minimum absolute atomic E-state index is 0.0837.